The monoisotopic (exact) mass is 352 g/mol. The highest BCUT2D eigenvalue weighted by Crippen LogP contribution is 2.37. The van der Waals surface area contributed by atoms with Crippen LogP contribution in [0.5, 0.6) is 0 Å². The second kappa shape index (κ2) is 7.65. The summed E-state index contributed by atoms with van der Waals surface area (Å²) in [4.78, 5) is 24.0. The Kier molecular flexibility index (Phi) is 6.40. The quantitative estimate of drug-likeness (QED) is 0.872. The lowest BCUT2D eigenvalue weighted by Crippen LogP contribution is -2.34. The van der Waals surface area contributed by atoms with E-state index in [0.29, 0.717) is 5.69 Å². The van der Waals surface area contributed by atoms with Gasteiger partial charge in [0, 0.05) is 18.8 Å². The van der Waals surface area contributed by atoms with Crippen LogP contribution in [0.15, 0.2) is 30.3 Å². The first-order valence-electron chi connectivity index (χ1n) is 6.64. The molecule has 1 saturated heterocycles. The summed E-state index contributed by atoms with van der Waals surface area (Å²) >= 11 is 0. The molecule has 1 aromatic carbocycles. The lowest BCUT2D eigenvalue weighted by Gasteiger charge is -2.18. The number of rotatable bonds is 4. The molecule has 1 heterocycles. The van der Waals surface area contributed by atoms with Gasteiger partial charge in [0.15, 0.2) is 0 Å². The van der Waals surface area contributed by atoms with Gasteiger partial charge in [0.05, 0.1) is 18.4 Å². The molecule has 1 amide bonds. The molecule has 2 atom stereocenters. The van der Waals surface area contributed by atoms with Crippen LogP contribution in [0, 0.1) is 11.8 Å². The van der Waals surface area contributed by atoms with Crippen molar-refractivity contribution in [2.75, 3.05) is 25.0 Å². The van der Waals surface area contributed by atoms with Crippen LogP contribution >= 0.6 is 12.4 Å². The normalized spacial score (nSPS) is 21.5. The van der Waals surface area contributed by atoms with E-state index in [0.717, 1.165) is 0 Å². The third kappa shape index (κ3) is 5.11. The minimum atomic E-state index is -4.59. The number of aliphatic carboxylic acids is 1. The number of anilines is 1. The molecule has 1 fully saturated rings. The predicted molar refractivity (Wildman–Crippen MR) is 79.4 cm³/mol. The Hall–Kier alpha value is -1.80. The van der Waals surface area contributed by atoms with E-state index in [4.69, 9.17) is 5.11 Å². The van der Waals surface area contributed by atoms with E-state index in [1.54, 1.807) is 30.3 Å². The van der Waals surface area contributed by atoms with Crippen LogP contribution in [0.2, 0.25) is 0 Å². The molecule has 0 radical (unpaired) electrons. The van der Waals surface area contributed by atoms with Crippen molar-refractivity contribution in [3.05, 3.63) is 30.3 Å². The summed E-state index contributed by atoms with van der Waals surface area (Å²) in [5.41, 5.74) is 0.536. The van der Waals surface area contributed by atoms with E-state index in [1.165, 1.54) is 4.90 Å². The number of carbonyl (C=O) groups is 2. The summed E-state index contributed by atoms with van der Waals surface area (Å²) in [6.45, 7) is -1.05. The number of carboxylic acid groups (broad SMARTS) is 1. The lowest BCUT2D eigenvalue weighted by atomic mass is 9.96. The number of alkyl halides is 3. The van der Waals surface area contributed by atoms with Crippen molar-refractivity contribution in [2.24, 2.45) is 11.8 Å². The van der Waals surface area contributed by atoms with Crippen LogP contribution in [-0.2, 0) is 9.59 Å². The summed E-state index contributed by atoms with van der Waals surface area (Å²) in [5, 5.41) is 11.5. The van der Waals surface area contributed by atoms with Crippen LogP contribution in [0.4, 0.5) is 18.9 Å². The van der Waals surface area contributed by atoms with Crippen molar-refractivity contribution in [3.63, 3.8) is 0 Å². The molecule has 1 aromatic rings. The van der Waals surface area contributed by atoms with E-state index in [2.05, 4.69) is 5.32 Å². The van der Waals surface area contributed by atoms with Gasteiger partial charge in [-0.15, -0.1) is 12.4 Å². The number of carbonyl (C=O) groups excluding carboxylic acids is 1. The number of hydrogen-bond donors (Lipinski definition) is 2. The largest absolute Gasteiger partial charge is 0.481 e. The average Bonchev–Trinajstić information content (AvgIpc) is 2.83. The van der Waals surface area contributed by atoms with Crippen molar-refractivity contribution in [3.8, 4) is 0 Å². The van der Waals surface area contributed by atoms with E-state index < -0.39 is 36.4 Å². The van der Waals surface area contributed by atoms with Crippen molar-refractivity contribution < 1.29 is 27.9 Å². The molecule has 128 valence electrons. The van der Waals surface area contributed by atoms with Crippen LogP contribution in [-0.4, -0.2) is 47.7 Å². The fourth-order valence-corrected chi connectivity index (χ4v) is 2.52. The molecular formula is C14H16ClF3N2O3. The smallest absolute Gasteiger partial charge is 0.393 e. The minimum Gasteiger partial charge on any atom is -0.481 e. The van der Waals surface area contributed by atoms with Gasteiger partial charge >= 0.3 is 12.1 Å². The van der Waals surface area contributed by atoms with Crippen molar-refractivity contribution in [1.29, 1.82) is 0 Å². The fraction of sp³-hybridized carbons (Fsp3) is 0.429. The molecule has 0 aromatic heterocycles. The van der Waals surface area contributed by atoms with Gasteiger partial charge in [-0.25, -0.2) is 0 Å². The maximum absolute atomic E-state index is 12.8. The molecule has 1 aliphatic rings. The van der Waals surface area contributed by atoms with E-state index >= 15 is 0 Å². The van der Waals surface area contributed by atoms with Crippen LogP contribution in [0.3, 0.4) is 0 Å². The zero-order valence-corrected chi connectivity index (χ0v) is 12.7. The van der Waals surface area contributed by atoms with Gasteiger partial charge in [-0.3, -0.25) is 14.5 Å². The Morgan fingerprint density at radius 1 is 1.22 bits per heavy atom. The summed E-state index contributed by atoms with van der Waals surface area (Å²) in [6, 6.07) is 8.50. The number of halogens is 4. The highest BCUT2D eigenvalue weighted by atomic mass is 35.5. The van der Waals surface area contributed by atoms with Gasteiger partial charge < -0.3 is 10.4 Å². The first kappa shape index (κ1) is 19.2. The first-order valence-corrected chi connectivity index (χ1v) is 6.64. The number of benzene rings is 1. The Bertz CT molecular complexity index is 554. The van der Waals surface area contributed by atoms with Gasteiger partial charge in [0.1, 0.15) is 0 Å². The van der Waals surface area contributed by atoms with E-state index in [1.807, 2.05) is 0 Å². The van der Waals surface area contributed by atoms with Crippen LogP contribution in [0.1, 0.15) is 0 Å². The molecule has 23 heavy (non-hydrogen) atoms. The van der Waals surface area contributed by atoms with Gasteiger partial charge in [-0.1, -0.05) is 18.2 Å². The lowest BCUT2D eigenvalue weighted by molar-refractivity contribution is -0.188. The minimum absolute atomic E-state index is 0. The number of nitrogens with zero attached hydrogens (tertiary/aromatic N) is 1. The number of hydrogen-bond acceptors (Lipinski definition) is 3. The van der Waals surface area contributed by atoms with Gasteiger partial charge in [-0.2, -0.15) is 13.2 Å². The maximum Gasteiger partial charge on any atom is 0.393 e. The van der Waals surface area contributed by atoms with Crippen LogP contribution < -0.4 is 5.32 Å². The number of nitrogens with one attached hydrogen (secondary N) is 1. The molecule has 0 spiro atoms. The van der Waals surface area contributed by atoms with Gasteiger partial charge in [-0.05, 0) is 12.1 Å². The van der Waals surface area contributed by atoms with E-state index in [-0.39, 0.29) is 25.5 Å². The van der Waals surface area contributed by atoms with Crippen LogP contribution in [0.25, 0.3) is 0 Å². The molecule has 9 heteroatoms. The molecule has 0 unspecified atom stereocenters. The molecule has 0 saturated carbocycles. The number of likely N-dealkylation sites (tertiary alicyclic amines) is 1. The number of carboxylic acids is 1. The van der Waals surface area contributed by atoms with Crippen molar-refractivity contribution in [1.82, 2.24) is 4.90 Å². The fourth-order valence-electron chi connectivity index (χ4n) is 2.52. The van der Waals surface area contributed by atoms with Crippen molar-refractivity contribution >= 4 is 30.0 Å². The van der Waals surface area contributed by atoms with Crippen molar-refractivity contribution in [2.45, 2.75) is 6.18 Å². The standard InChI is InChI=1S/C14H15F3N2O3.ClH/c15-14(16,17)11-7-19(6-10(11)13(21)22)8-12(20)18-9-4-2-1-3-5-9;/h1-5,10-11H,6-8H2,(H,18,20)(H,21,22);1H/t10-,11-;/m1./s1. The topological polar surface area (TPSA) is 69.6 Å². The Balaban J connectivity index is 0.00000264. The predicted octanol–water partition coefficient (Wildman–Crippen LogP) is 2.24. The molecule has 5 nitrogen and oxygen atoms in total. The Labute approximate surface area is 136 Å². The number of para-hydroxylation sites is 1. The second-order valence-electron chi connectivity index (χ2n) is 5.20. The molecule has 0 bridgehead atoms. The average molecular weight is 353 g/mol. The Morgan fingerprint density at radius 2 is 1.83 bits per heavy atom. The van der Waals surface area contributed by atoms with Gasteiger partial charge in [0.25, 0.3) is 0 Å². The maximum atomic E-state index is 12.8. The summed E-state index contributed by atoms with van der Waals surface area (Å²) in [5.74, 6) is -5.45. The van der Waals surface area contributed by atoms with Gasteiger partial charge in [0.2, 0.25) is 5.91 Å². The molecule has 2 N–H and O–H groups in total. The third-order valence-corrected chi connectivity index (χ3v) is 3.56. The SMILES string of the molecule is Cl.O=C(CN1C[C@@H](C(F)(F)F)[C@H](C(=O)O)C1)Nc1ccccc1. The van der Waals surface area contributed by atoms with E-state index in [9.17, 15) is 22.8 Å². The molecular weight excluding hydrogens is 337 g/mol. The first-order chi connectivity index (χ1) is 10.3. The molecule has 1 aliphatic heterocycles. The summed E-state index contributed by atoms with van der Waals surface area (Å²) < 4.78 is 38.5. The molecule has 2 rings (SSSR count). The molecule has 0 aliphatic carbocycles. The zero-order chi connectivity index (χ0) is 16.3. The highest BCUT2D eigenvalue weighted by molar-refractivity contribution is 5.92. The summed E-state index contributed by atoms with van der Waals surface area (Å²) in [6.07, 6.45) is -4.59. The third-order valence-electron chi connectivity index (χ3n) is 3.56. The number of amides is 1. The zero-order valence-electron chi connectivity index (χ0n) is 11.9. The second-order valence-corrected chi connectivity index (χ2v) is 5.20. The summed E-state index contributed by atoms with van der Waals surface area (Å²) in [7, 11) is 0. The Morgan fingerprint density at radius 3 is 2.30 bits per heavy atom. The highest BCUT2D eigenvalue weighted by Gasteiger charge is 2.52.